The number of H-pyrrole nitrogens is 2. The molecule has 0 aliphatic heterocycles. The predicted octanol–water partition coefficient (Wildman–Crippen LogP) is 3.24. The van der Waals surface area contributed by atoms with Crippen LogP contribution >= 0.6 is 15.9 Å². The third-order valence-electron chi connectivity index (χ3n) is 4.94. The van der Waals surface area contributed by atoms with Gasteiger partial charge in [0.2, 0.25) is 0 Å². The van der Waals surface area contributed by atoms with Crippen molar-refractivity contribution in [2.24, 2.45) is 17.8 Å². The van der Waals surface area contributed by atoms with Crippen LogP contribution in [0.4, 0.5) is 0 Å². The molecule has 3 unspecified atom stereocenters. The molecule has 2 aliphatic carbocycles. The molecule has 2 aliphatic rings. The molecule has 0 spiro atoms. The van der Waals surface area contributed by atoms with Crippen LogP contribution in [0.2, 0.25) is 0 Å². The number of aromatic amines is 2. The molecule has 2 N–H and O–H groups in total. The topological polar surface area (TPSA) is 65.7 Å². The van der Waals surface area contributed by atoms with Crippen LogP contribution in [0, 0.1) is 17.8 Å². The van der Waals surface area contributed by atoms with E-state index in [1.54, 1.807) is 6.07 Å². The summed E-state index contributed by atoms with van der Waals surface area (Å²) >= 11 is 3.47. The van der Waals surface area contributed by atoms with Crippen LogP contribution in [-0.4, -0.2) is 15.8 Å². The van der Waals surface area contributed by atoms with E-state index in [0.29, 0.717) is 17.0 Å². The fourth-order valence-corrected chi connectivity index (χ4v) is 4.55. The number of hydrogen-bond donors (Lipinski definition) is 2. The van der Waals surface area contributed by atoms with Gasteiger partial charge in [-0.1, -0.05) is 6.42 Å². The number of halogens is 1. The highest BCUT2D eigenvalue weighted by Gasteiger charge is 2.43. The minimum atomic E-state index is -0.239. The van der Waals surface area contributed by atoms with Crippen molar-refractivity contribution in [1.82, 2.24) is 9.97 Å². The zero-order valence-corrected chi connectivity index (χ0v) is 12.5. The summed E-state index contributed by atoms with van der Waals surface area (Å²) in [7, 11) is 0. The fraction of sp³-hybridized carbons (Fsp3) is 0.467. The first-order valence-electron chi connectivity index (χ1n) is 7.07. The largest absolute Gasteiger partial charge is 0.323 e. The fourth-order valence-electron chi connectivity index (χ4n) is 4.01. The molecule has 4 nitrogen and oxygen atoms in total. The molecule has 4 rings (SSSR count). The van der Waals surface area contributed by atoms with Crippen LogP contribution in [0.5, 0.6) is 0 Å². The molecular formula is C15H15BrN2O2. The van der Waals surface area contributed by atoms with Crippen molar-refractivity contribution < 1.29 is 4.79 Å². The van der Waals surface area contributed by atoms with E-state index < -0.39 is 0 Å². The third-order valence-corrected chi connectivity index (χ3v) is 5.60. The molecule has 2 fully saturated rings. The summed E-state index contributed by atoms with van der Waals surface area (Å²) in [6.45, 7) is 0. The van der Waals surface area contributed by atoms with Gasteiger partial charge in [-0.15, -0.1) is 0 Å². The Bertz CT molecular complexity index is 761. The molecule has 2 aromatic rings. The predicted molar refractivity (Wildman–Crippen MR) is 79.9 cm³/mol. The number of hydrogen-bond acceptors (Lipinski definition) is 2. The molecule has 1 heterocycles. The standard InChI is InChI=1S/C15H15BrN2O2/c16-11-6-13-12(17-15(20)18-13)5-10(11)14(19)9-4-7-1-2-8(9)3-7/h5-9H,1-4H2,(H2,17,18,20). The lowest BCUT2D eigenvalue weighted by atomic mass is 9.83. The van der Waals surface area contributed by atoms with E-state index in [9.17, 15) is 9.59 Å². The maximum Gasteiger partial charge on any atom is 0.323 e. The van der Waals surface area contributed by atoms with Crippen LogP contribution < -0.4 is 5.69 Å². The number of carbonyl (C=O) groups excluding carboxylic acids is 1. The van der Waals surface area contributed by atoms with E-state index in [1.165, 1.54) is 19.3 Å². The number of benzene rings is 1. The minimum absolute atomic E-state index is 0.174. The summed E-state index contributed by atoms with van der Waals surface area (Å²) in [5, 5.41) is 0. The van der Waals surface area contributed by atoms with Crippen molar-refractivity contribution >= 4 is 32.7 Å². The second-order valence-electron chi connectivity index (χ2n) is 6.10. The molecule has 5 heteroatoms. The normalized spacial score (nSPS) is 28.4. The Morgan fingerprint density at radius 3 is 2.55 bits per heavy atom. The molecular weight excluding hydrogens is 320 g/mol. The van der Waals surface area contributed by atoms with Gasteiger partial charge in [0.1, 0.15) is 0 Å². The second-order valence-corrected chi connectivity index (χ2v) is 6.96. The zero-order chi connectivity index (χ0) is 13.9. The van der Waals surface area contributed by atoms with Crippen LogP contribution in [-0.2, 0) is 0 Å². The van der Waals surface area contributed by atoms with Gasteiger partial charge in [-0.25, -0.2) is 4.79 Å². The van der Waals surface area contributed by atoms with E-state index in [0.717, 1.165) is 22.3 Å². The van der Waals surface area contributed by atoms with E-state index >= 15 is 0 Å². The molecule has 0 radical (unpaired) electrons. The molecule has 20 heavy (non-hydrogen) atoms. The highest BCUT2D eigenvalue weighted by Crippen LogP contribution is 2.49. The first-order chi connectivity index (χ1) is 9.61. The Hall–Kier alpha value is -1.36. The van der Waals surface area contributed by atoms with Crippen molar-refractivity contribution in [3.05, 3.63) is 32.7 Å². The number of fused-ring (bicyclic) bond motifs is 3. The summed E-state index contributed by atoms with van der Waals surface area (Å²) in [5.41, 5.74) is 1.89. The number of rotatable bonds is 2. The van der Waals surface area contributed by atoms with E-state index in [2.05, 4.69) is 25.9 Å². The average molecular weight is 335 g/mol. The summed E-state index contributed by atoms with van der Waals surface area (Å²) in [6.07, 6.45) is 4.75. The van der Waals surface area contributed by atoms with Gasteiger partial charge in [0.05, 0.1) is 11.0 Å². The van der Waals surface area contributed by atoms with E-state index in [1.807, 2.05) is 6.07 Å². The van der Waals surface area contributed by atoms with Gasteiger partial charge < -0.3 is 9.97 Å². The Balaban J connectivity index is 1.75. The number of imidazole rings is 1. The van der Waals surface area contributed by atoms with Crippen molar-refractivity contribution in [3.63, 3.8) is 0 Å². The summed E-state index contributed by atoms with van der Waals surface area (Å²) < 4.78 is 0.771. The maximum absolute atomic E-state index is 12.8. The number of ketones is 1. The Kier molecular flexibility index (Phi) is 2.67. The van der Waals surface area contributed by atoms with Crippen LogP contribution in [0.25, 0.3) is 11.0 Å². The quantitative estimate of drug-likeness (QED) is 0.828. The van der Waals surface area contributed by atoms with Crippen LogP contribution in [0.1, 0.15) is 36.0 Å². The van der Waals surface area contributed by atoms with Crippen LogP contribution in [0.15, 0.2) is 21.4 Å². The number of Topliss-reactive ketones (excluding diaryl/α,β-unsaturated/α-hetero) is 1. The third kappa shape index (κ3) is 1.79. The lowest BCUT2D eigenvalue weighted by Gasteiger charge is -2.20. The van der Waals surface area contributed by atoms with Crippen molar-refractivity contribution in [3.8, 4) is 0 Å². The zero-order valence-electron chi connectivity index (χ0n) is 10.9. The monoisotopic (exact) mass is 334 g/mol. The maximum atomic E-state index is 12.8. The van der Waals surface area contributed by atoms with Crippen molar-refractivity contribution in [1.29, 1.82) is 0 Å². The minimum Gasteiger partial charge on any atom is -0.306 e. The van der Waals surface area contributed by atoms with Gasteiger partial charge >= 0.3 is 5.69 Å². The molecule has 1 aromatic heterocycles. The molecule has 2 saturated carbocycles. The number of carbonyl (C=O) groups is 1. The average Bonchev–Trinajstić information content (AvgIpc) is 3.10. The van der Waals surface area contributed by atoms with Gasteiger partial charge in [-0.2, -0.15) is 0 Å². The molecule has 0 saturated heterocycles. The second kappa shape index (κ2) is 4.32. The summed E-state index contributed by atoms with van der Waals surface area (Å²) in [5.74, 6) is 1.73. The SMILES string of the molecule is O=C(c1cc2[nH]c(=O)[nH]c2cc1Br)C1CC2CCC1C2. The van der Waals surface area contributed by atoms with Crippen molar-refractivity contribution in [2.75, 3.05) is 0 Å². The van der Waals surface area contributed by atoms with Gasteiger partial charge in [-0.3, -0.25) is 4.79 Å². The highest BCUT2D eigenvalue weighted by molar-refractivity contribution is 9.10. The molecule has 3 atom stereocenters. The van der Waals surface area contributed by atoms with Gasteiger partial charge in [0.15, 0.2) is 5.78 Å². The Morgan fingerprint density at radius 1 is 1.15 bits per heavy atom. The highest BCUT2D eigenvalue weighted by atomic mass is 79.9. The van der Waals surface area contributed by atoms with E-state index in [-0.39, 0.29) is 17.4 Å². The van der Waals surface area contributed by atoms with E-state index in [4.69, 9.17) is 0 Å². The summed E-state index contributed by atoms with van der Waals surface area (Å²) in [4.78, 5) is 29.5. The van der Waals surface area contributed by atoms with Gasteiger partial charge in [0, 0.05) is 16.0 Å². The Labute approximate surface area is 124 Å². The van der Waals surface area contributed by atoms with Gasteiger partial charge in [0.25, 0.3) is 0 Å². The molecule has 2 bridgehead atoms. The number of aromatic nitrogens is 2. The molecule has 0 amide bonds. The van der Waals surface area contributed by atoms with Crippen molar-refractivity contribution in [2.45, 2.75) is 25.7 Å². The smallest absolute Gasteiger partial charge is 0.306 e. The number of nitrogens with one attached hydrogen (secondary N) is 2. The van der Waals surface area contributed by atoms with Gasteiger partial charge in [-0.05, 0) is 59.2 Å². The lowest BCUT2D eigenvalue weighted by molar-refractivity contribution is 0.0874. The Morgan fingerprint density at radius 2 is 1.90 bits per heavy atom. The first-order valence-corrected chi connectivity index (χ1v) is 7.87. The molecule has 1 aromatic carbocycles. The van der Waals surface area contributed by atoms with Crippen LogP contribution in [0.3, 0.4) is 0 Å². The first kappa shape index (κ1) is 12.4. The summed E-state index contributed by atoms with van der Waals surface area (Å²) in [6, 6.07) is 3.61. The molecule has 104 valence electrons. The lowest BCUT2D eigenvalue weighted by Crippen LogP contribution is -2.21.